The maximum Gasteiger partial charge on any atom is 0.261 e. The van der Waals surface area contributed by atoms with Gasteiger partial charge in [-0.2, -0.15) is 0 Å². The zero-order valence-electron chi connectivity index (χ0n) is 12.5. The Morgan fingerprint density at radius 3 is 2.73 bits per heavy atom. The van der Waals surface area contributed by atoms with Gasteiger partial charge in [0.2, 0.25) is 0 Å². The Bertz CT molecular complexity index is 784. The highest BCUT2D eigenvalue weighted by Gasteiger charge is 2.45. The van der Waals surface area contributed by atoms with Gasteiger partial charge in [0.1, 0.15) is 5.56 Å². The molecule has 0 unspecified atom stereocenters. The van der Waals surface area contributed by atoms with Crippen molar-refractivity contribution >= 4 is 15.7 Å². The number of nitrogens with one attached hydrogen (secondary N) is 2. The van der Waals surface area contributed by atoms with Crippen LogP contribution in [0.15, 0.2) is 10.9 Å². The Hall–Kier alpha value is -1.67. The molecule has 0 radical (unpaired) electrons. The van der Waals surface area contributed by atoms with Gasteiger partial charge in [-0.15, -0.1) is 0 Å². The summed E-state index contributed by atoms with van der Waals surface area (Å²) in [6.07, 6.45) is 0. The van der Waals surface area contributed by atoms with E-state index in [0.29, 0.717) is 24.3 Å². The van der Waals surface area contributed by atoms with Crippen LogP contribution in [0.1, 0.15) is 21.6 Å². The zero-order valence-corrected chi connectivity index (χ0v) is 13.4. The summed E-state index contributed by atoms with van der Waals surface area (Å²) in [5.74, 6) is -0.378. The predicted molar refractivity (Wildman–Crippen MR) is 81.8 cm³/mol. The monoisotopic (exact) mass is 325 g/mol. The number of sulfone groups is 1. The summed E-state index contributed by atoms with van der Waals surface area (Å²) in [6.45, 7) is 4.42. The van der Waals surface area contributed by atoms with Crippen LogP contribution in [0.25, 0.3) is 0 Å². The topological polar surface area (TPSA) is 99.3 Å². The molecule has 22 heavy (non-hydrogen) atoms. The van der Waals surface area contributed by atoms with E-state index in [9.17, 15) is 18.0 Å². The second kappa shape index (κ2) is 5.20. The van der Waals surface area contributed by atoms with E-state index in [0.717, 1.165) is 0 Å². The quantitative estimate of drug-likeness (QED) is 0.704. The standard InChI is InChI=1S/C14H19N3O4S/c1-8-5-9(2)16-13(18)12(8)14(19)17-4-3-15-10-6-22(20,21)7-11(10)17/h5,10-11,15H,3-4,6-7H2,1-2H3,(H,16,18)/t10-,11+/m0/s1. The Labute approximate surface area is 128 Å². The summed E-state index contributed by atoms with van der Waals surface area (Å²) in [5, 5.41) is 3.15. The number of piperazine rings is 1. The number of aryl methyl sites for hydroxylation is 2. The first kappa shape index (κ1) is 15.2. The van der Waals surface area contributed by atoms with Gasteiger partial charge in [0.05, 0.1) is 17.5 Å². The molecular weight excluding hydrogens is 306 g/mol. The lowest BCUT2D eigenvalue weighted by Gasteiger charge is -2.37. The van der Waals surface area contributed by atoms with E-state index in [1.54, 1.807) is 24.8 Å². The Kier molecular flexibility index (Phi) is 3.60. The lowest BCUT2D eigenvalue weighted by atomic mass is 10.0. The van der Waals surface area contributed by atoms with Crippen LogP contribution < -0.4 is 10.9 Å². The van der Waals surface area contributed by atoms with Gasteiger partial charge in [0, 0.05) is 24.8 Å². The molecule has 2 N–H and O–H groups in total. The van der Waals surface area contributed by atoms with Crippen LogP contribution in [0.4, 0.5) is 0 Å². The molecule has 8 heteroatoms. The number of aromatic nitrogens is 1. The van der Waals surface area contributed by atoms with Crippen molar-refractivity contribution < 1.29 is 13.2 Å². The van der Waals surface area contributed by atoms with Crippen molar-refractivity contribution in [3.63, 3.8) is 0 Å². The smallest absolute Gasteiger partial charge is 0.261 e. The van der Waals surface area contributed by atoms with E-state index in [2.05, 4.69) is 10.3 Å². The summed E-state index contributed by atoms with van der Waals surface area (Å²) in [6, 6.07) is 1.11. The van der Waals surface area contributed by atoms with Gasteiger partial charge < -0.3 is 15.2 Å². The van der Waals surface area contributed by atoms with Gasteiger partial charge >= 0.3 is 0 Å². The molecule has 0 aliphatic carbocycles. The molecule has 0 spiro atoms. The first-order chi connectivity index (χ1) is 10.3. The van der Waals surface area contributed by atoms with E-state index in [-0.39, 0.29) is 29.0 Å². The van der Waals surface area contributed by atoms with E-state index >= 15 is 0 Å². The Balaban J connectivity index is 1.97. The molecule has 0 aromatic carbocycles. The number of hydrogen-bond donors (Lipinski definition) is 2. The molecular formula is C14H19N3O4S. The lowest BCUT2D eigenvalue weighted by Crippen LogP contribution is -2.59. The van der Waals surface area contributed by atoms with Gasteiger partial charge in [0.25, 0.3) is 11.5 Å². The minimum atomic E-state index is -3.15. The number of nitrogens with zero attached hydrogens (tertiary/aromatic N) is 1. The molecule has 0 bridgehead atoms. The predicted octanol–water partition coefficient (Wildman–Crippen LogP) is -0.797. The number of carbonyl (C=O) groups excluding carboxylic acids is 1. The molecule has 3 heterocycles. The number of aromatic amines is 1. The average Bonchev–Trinajstić information content (AvgIpc) is 2.70. The lowest BCUT2D eigenvalue weighted by molar-refractivity contribution is 0.0619. The van der Waals surface area contributed by atoms with E-state index in [4.69, 9.17) is 0 Å². The van der Waals surface area contributed by atoms with E-state index in [1.165, 1.54) is 0 Å². The second-order valence-corrected chi connectivity index (χ2v) is 8.20. The Morgan fingerprint density at radius 2 is 2.05 bits per heavy atom. The number of hydrogen-bond acceptors (Lipinski definition) is 5. The van der Waals surface area contributed by atoms with Crippen molar-refractivity contribution in [3.8, 4) is 0 Å². The van der Waals surface area contributed by atoms with Crippen LogP contribution in [-0.2, 0) is 9.84 Å². The van der Waals surface area contributed by atoms with Crippen LogP contribution in [0.3, 0.4) is 0 Å². The first-order valence-electron chi connectivity index (χ1n) is 7.24. The fraction of sp³-hybridized carbons (Fsp3) is 0.571. The van der Waals surface area contributed by atoms with E-state index < -0.39 is 21.4 Å². The molecule has 120 valence electrons. The zero-order chi connectivity index (χ0) is 16.1. The number of H-pyrrole nitrogens is 1. The number of rotatable bonds is 1. The normalized spacial score (nSPS) is 26.7. The molecule has 1 amide bonds. The van der Waals surface area contributed by atoms with Crippen molar-refractivity contribution in [2.75, 3.05) is 24.6 Å². The highest BCUT2D eigenvalue weighted by atomic mass is 32.2. The van der Waals surface area contributed by atoms with Crippen LogP contribution >= 0.6 is 0 Å². The summed E-state index contributed by atoms with van der Waals surface area (Å²) >= 11 is 0. The van der Waals surface area contributed by atoms with Crippen LogP contribution in [0.5, 0.6) is 0 Å². The highest BCUT2D eigenvalue weighted by molar-refractivity contribution is 7.91. The highest BCUT2D eigenvalue weighted by Crippen LogP contribution is 2.23. The molecule has 1 aromatic heterocycles. The molecule has 0 saturated carbocycles. The molecule has 2 aliphatic rings. The summed E-state index contributed by atoms with van der Waals surface area (Å²) in [5.41, 5.74) is 0.997. The first-order valence-corrected chi connectivity index (χ1v) is 9.06. The van der Waals surface area contributed by atoms with Crippen LogP contribution in [-0.4, -0.2) is 60.9 Å². The average molecular weight is 325 g/mol. The third kappa shape index (κ3) is 2.56. The molecule has 1 aromatic rings. The minimum Gasteiger partial charge on any atom is -0.332 e. The fourth-order valence-corrected chi connectivity index (χ4v) is 5.34. The Morgan fingerprint density at radius 1 is 1.32 bits per heavy atom. The number of fused-ring (bicyclic) bond motifs is 1. The number of carbonyl (C=O) groups is 1. The maximum absolute atomic E-state index is 12.8. The maximum atomic E-state index is 12.8. The third-order valence-electron chi connectivity index (χ3n) is 4.32. The van der Waals surface area contributed by atoms with Gasteiger partial charge in [0.15, 0.2) is 9.84 Å². The number of pyridine rings is 1. The van der Waals surface area contributed by atoms with Crippen LogP contribution in [0.2, 0.25) is 0 Å². The third-order valence-corrected chi connectivity index (χ3v) is 6.04. The van der Waals surface area contributed by atoms with E-state index in [1.807, 2.05) is 0 Å². The summed E-state index contributed by atoms with van der Waals surface area (Å²) in [7, 11) is -3.15. The van der Waals surface area contributed by atoms with Crippen LogP contribution in [0, 0.1) is 13.8 Å². The summed E-state index contributed by atoms with van der Waals surface area (Å²) < 4.78 is 23.7. The van der Waals surface area contributed by atoms with Crippen molar-refractivity contribution in [1.82, 2.24) is 15.2 Å². The van der Waals surface area contributed by atoms with Gasteiger partial charge in [-0.25, -0.2) is 8.42 Å². The minimum absolute atomic E-state index is 0.0424. The van der Waals surface area contributed by atoms with Gasteiger partial charge in [-0.05, 0) is 25.5 Å². The molecule has 2 atom stereocenters. The molecule has 7 nitrogen and oxygen atoms in total. The molecule has 2 aliphatic heterocycles. The molecule has 2 fully saturated rings. The largest absolute Gasteiger partial charge is 0.332 e. The SMILES string of the molecule is Cc1cc(C)c(C(=O)N2CCN[C@H]3CS(=O)(=O)C[C@H]32)c(=O)[nH]1. The fourth-order valence-electron chi connectivity index (χ4n) is 3.38. The molecule has 2 saturated heterocycles. The van der Waals surface area contributed by atoms with Gasteiger partial charge in [-0.3, -0.25) is 9.59 Å². The summed E-state index contributed by atoms with van der Waals surface area (Å²) in [4.78, 5) is 29.1. The molecule has 3 rings (SSSR count). The van der Waals surface area contributed by atoms with Gasteiger partial charge in [-0.1, -0.05) is 0 Å². The van der Waals surface area contributed by atoms with Crippen molar-refractivity contribution in [2.24, 2.45) is 0 Å². The van der Waals surface area contributed by atoms with Crippen molar-refractivity contribution in [1.29, 1.82) is 0 Å². The van der Waals surface area contributed by atoms with Crippen molar-refractivity contribution in [2.45, 2.75) is 25.9 Å². The van der Waals surface area contributed by atoms with Crippen molar-refractivity contribution in [3.05, 3.63) is 33.2 Å². The second-order valence-electron chi connectivity index (χ2n) is 6.04. The number of amides is 1.